The first-order valence-corrected chi connectivity index (χ1v) is 9.50. The number of hydrogen-bond acceptors (Lipinski definition) is 3. The van der Waals surface area contributed by atoms with Crippen LogP contribution in [0.1, 0.15) is 34.7 Å². The number of anilines is 1. The number of fused-ring (bicyclic) bond motifs is 1. The van der Waals surface area contributed by atoms with E-state index in [0.717, 1.165) is 34.2 Å². The number of aromatic hydroxyl groups is 2. The lowest BCUT2D eigenvalue weighted by Crippen LogP contribution is -2.37. The molecule has 0 saturated carbocycles. The van der Waals surface area contributed by atoms with Gasteiger partial charge in [-0.1, -0.05) is 48.9 Å². The summed E-state index contributed by atoms with van der Waals surface area (Å²) in [7, 11) is 0. The van der Waals surface area contributed by atoms with Crippen LogP contribution in [-0.4, -0.2) is 16.1 Å². The molecule has 1 amide bonds. The molecule has 28 heavy (non-hydrogen) atoms. The Bertz CT molecular complexity index is 1030. The molecule has 3 aromatic rings. The summed E-state index contributed by atoms with van der Waals surface area (Å²) in [5.74, 6) is 0.0702. The molecule has 0 radical (unpaired) electrons. The Balaban J connectivity index is 2.11. The van der Waals surface area contributed by atoms with Crippen LogP contribution in [0.3, 0.4) is 0 Å². The Morgan fingerprint density at radius 3 is 1.93 bits per heavy atom. The van der Waals surface area contributed by atoms with Crippen molar-refractivity contribution in [2.75, 3.05) is 5.32 Å². The molecule has 3 N–H and O–H groups in total. The second kappa shape index (κ2) is 6.57. The van der Waals surface area contributed by atoms with E-state index in [0.29, 0.717) is 10.7 Å². The van der Waals surface area contributed by atoms with E-state index in [-0.39, 0.29) is 17.4 Å². The minimum absolute atomic E-state index is 0.129. The van der Waals surface area contributed by atoms with E-state index in [1.54, 1.807) is 48.5 Å². The Labute approximate surface area is 168 Å². The van der Waals surface area contributed by atoms with Gasteiger partial charge in [0.1, 0.15) is 16.9 Å². The summed E-state index contributed by atoms with van der Waals surface area (Å²) in [6, 6.07) is 15.3. The van der Waals surface area contributed by atoms with Gasteiger partial charge in [-0.2, -0.15) is 0 Å². The van der Waals surface area contributed by atoms with Gasteiger partial charge in [-0.3, -0.25) is 4.79 Å². The van der Waals surface area contributed by atoms with E-state index in [4.69, 9.17) is 11.6 Å². The molecule has 142 valence electrons. The minimum Gasteiger partial charge on any atom is -0.508 e. The fraction of sp³-hybridized carbons (Fsp3) is 0.174. The molecule has 0 spiro atoms. The fourth-order valence-electron chi connectivity index (χ4n) is 4.07. The largest absolute Gasteiger partial charge is 0.508 e. The molecular formula is C23H20ClNO3. The van der Waals surface area contributed by atoms with Gasteiger partial charge in [-0.25, -0.2) is 0 Å². The van der Waals surface area contributed by atoms with Crippen molar-refractivity contribution in [1.29, 1.82) is 0 Å². The molecule has 0 atom stereocenters. The van der Waals surface area contributed by atoms with E-state index in [9.17, 15) is 15.0 Å². The fourth-order valence-corrected chi connectivity index (χ4v) is 4.35. The number of rotatable bonds is 3. The maximum atomic E-state index is 13.5. The van der Waals surface area contributed by atoms with Crippen LogP contribution in [-0.2, 0) is 16.6 Å². The van der Waals surface area contributed by atoms with Crippen LogP contribution in [0, 0.1) is 6.92 Å². The van der Waals surface area contributed by atoms with E-state index in [1.165, 1.54) is 0 Å². The van der Waals surface area contributed by atoms with Gasteiger partial charge in [-0.15, -0.1) is 0 Å². The van der Waals surface area contributed by atoms with Crippen molar-refractivity contribution in [2.24, 2.45) is 0 Å². The number of amides is 1. The lowest BCUT2D eigenvalue weighted by Gasteiger charge is -2.29. The summed E-state index contributed by atoms with van der Waals surface area (Å²) in [5, 5.41) is 23.2. The summed E-state index contributed by atoms with van der Waals surface area (Å²) >= 11 is 6.53. The highest BCUT2D eigenvalue weighted by Gasteiger charge is 2.50. The van der Waals surface area contributed by atoms with Gasteiger partial charge < -0.3 is 15.5 Å². The molecule has 3 aromatic carbocycles. The number of phenolic OH excluding ortho intramolecular Hbond substituents is 2. The zero-order chi connectivity index (χ0) is 20.1. The zero-order valence-corrected chi connectivity index (χ0v) is 16.3. The van der Waals surface area contributed by atoms with E-state index in [2.05, 4.69) is 5.32 Å². The maximum absolute atomic E-state index is 13.5. The average molecular weight is 394 g/mol. The topological polar surface area (TPSA) is 69.6 Å². The van der Waals surface area contributed by atoms with Gasteiger partial charge in [0.15, 0.2) is 0 Å². The molecule has 0 aliphatic carbocycles. The molecule has 1 aliphatic heterocycles. The molecule has 0 aromatic heterocycles. The van der Waals surface area contributed by atoms with Gasteiger partial charge >= 0.3 is 0 Å². The van der Waals surface area contributed by atoms with Gasteiger partial charge in [0.25, 0.3) is 0 Å². The molecule has 0 saturated heterocycles. The number of halogens is 1. The number of nitrogens with one attached hydrogen (secondary N) is 1. The summed E-state index contributed by atoms with van der Waals surface area (Å²) in [4.78, 5) is 13.5. The number of carbonyl (C=O) groups is 1. The number of phenols is 2. The van der Waals surface area contributed by atoms with E-state index in [1.807, 2.05) is 19.9 Å². The van der Waals surface area contributed by atoms with Crippen LogP contribution in [0.2, 0.25) is 5.02 Å². The highest BCUT2D eigenvalue weighted by Crippen LogP contribution is 2.51. The average Bonchev–Trinajstić information content (AvgIpc) is 2.99. The van der Waals surface area contributed by atoms with Crippen molar-refractivity contribution in [3.8, 4) is 11.5 Å². The molecule has 4 rings (SSSR count). The molecule has 4 nitrogen and oxygen atoms in total. The molecule has 0 bridgehead atoms. The van der Waals surface area contributed by atoms with Crippen LogP contribution in [0.25, 0.3) is 0 Å². The second-order valence-corrected chi connectivity index (χ2v) is 7.43. The highest BCUT2D eigenvalue weighted by atomic mass is 35.5. The molecule has 5 heteroatoms. The Morgan fingerprint density at radius 1 is 0.964 bits per heavy atom. The summed E-state index contributed by atoms with van der Waals surface area (Å²) in [6.07, 6.45) is 0.738. The van der Waals surface area contributed by atoms with Crippen molar-refractivity contribution in [3.05, 3.63) is 87.4 Å². The molecule has 0 fully saturated rings. The van der Waals surface area contributed by atoms with E-state index < -0.39 is 5.41 Å². The van der Waals surface area contributed by atoms with Crippen molar-refractivity contribution >= 4 is 23.2 Å². The number of aryl methyl sites for hydroxylation is 1. The maximum Gasteiger partial charge on any atom is 0.244 e. The number of benzene rings is 3. The summed E-state index contributed by atoms with van der Waals surface area (Å²) in [6.45, 7) is 3.93. The molecule has 1 aliphatic rings. The predicted octanol–water partition coefficient (Wildman–Crippen LogP) is 4.91. The predicted molar refractivity (Wildman–Crippen MR) is 110 cm³/mol. The minimum atomic E-state index is -1.10. The first-order valence-electron chi connectivity index (χ1n) is 9.12. The van der Waals surface area contributed by atoms with Crippen molar-refractivity contribution in [1.82, 2.24) is 0 Å². The molecule has 0 unspecified atom stereocenters. The van der Waals surface area contributed by atoms with Crippen molar-refractivity contribution in [3.63, 3.8) is 0 Å². The second-order valence-electron chi connectivity index (χ2n) is 7.05. The van der Waals surface area contributed by atoms with Gasteiger partial charge in [0.2, 0.25) is 5.91 Å². The molecular weight excluding hydrogens is 374 g/mol. The highest BCUT2D eigenvalue weighted by molar-refractivity contribution is 6.33. The first-order chi connectivity index (χ1) is 13.4. The standard InChI is InChI=1S/C23H20ClNO3/c1-3-14-12-19-21(13(2)20(14)24)25-22(28)23(19,15-4-8-17(26)9-5-15)16-6-10-18(27)11-7-16/h4-12,26-27H,3H2,1-2H3,(H,25,28). The SMILES string of the molecule is CCc1cc2c(c(C)c1Cl)NC(=O)C2(c1ccc(O)cc1)c1ccc(O)cc1. The number of carbonyl (C=O) groups excluding carboxylic acids is 1. The third-order valence-electron chi connectivity index (χ3n) is 5.54. The van der Waals surface area contributed by atoms with E-state index >= 15 is 0 Å². The lowest BCUT2D eigenvalue weighted by molar-refractivity contribution is -0.118. The van der Waals surface area contributed by atoms with Crippen LogP contribution >= 0.6 is 11.6 Å². The van der Waals surface area contributed by atoms with Gasteiger partial charge in [0, 0.05) is 10.6 Å². The Hall–Kier alpha value is -2.98. The van der Waals surface area contributed by atoms with Crippen LogP contribution < -0.4 is 5.32 Å². The summed E-state index contributed by atoms with van der Waals surface area (Å²) in [5.41, 5.74) is 3.71. The third kappa shape index (κ3) is 2.49. The Kier molecular flexibility index (Phi) is 4.31. The Morgan fingerprint density at radius 2 is 1.46 bits per heavy atom. The van der Waals surface area contributed by atoms with Crippen LogP contribution in [0.15, 0.2) is 54.6 Å². The first kappa shape index (κ1) is 18.4. The van der Waals surface area contributed by atoms with Crippen LogP contribution in [0.5, 0.6) is 11.5 Å². The normalized spacial score (nSPS) is 14.6. The van der Waals surface area contributed by atoms with Gasteiger partial charge in [0.05, 0.1) is 5.69 Å². The smallest absolute Gasteiger partial charge is 0.244 e. The third-order valence-corrected chi connectivity index (χ3v) is 6.06. The van der Waals surface area contributed by atoms with Crippen molar-refractivity contribution < 1.29 is 15.0 Å². The summed E-state index contributed by atoms with van der Waals surface area (Å²) < 4.78 is 0. The van der Waals surface area contributed by atoms with Gasteiger partial charge in [-0.05, 0) is 59.9 Å². The zero-order valence-electron chi connectivity index (χ0n) is 15.6. The van der Waals surface area contributed by atoms with Crippen LogP contribution in [0.4, 0.5) is 5.69 Å². The molecule has 1 heterocycles. The monoisotopic (exact) mass is 393 g/mol. The van der Waals surface area contributed by atoms with Crippen molar-refractivity contribution in [2.45, 2.75) is 25.7 Å². The lowest BCUT2D eigenvalue weighted by atomic mass is 9.69. The number of hydrogen-bond donors (Lipinski definition) is 3. The quantitative estimate of drug-likeness (QED) is 0.592.